The van der Waals surface area contributed by atoms with E-state index in [0.29, 0.717) is 21.3 Å². The van der Waals surface area contributed by atoms with Crippen molar-refractivity contribution in [2.45, 2.75) is 11.4 Å². The molecule has 0 unspecified atom stereocenters. The van der Waals surface area contributed by atoms with E-state index in [0.717, 1.165) is 0 Å². The second-order valence-corrected chi connectivity index (χ2v) is 9.46. The van der Waals surface area contributed by atoms with Gasteiger partial charge in [0.05, 0.1) is 22.3 Å². The lowest BCUT2D eigenvalue weighted by Gasteiger charge is -2.15. The molecule has 4 rings (SSSR count). The van der Waals surface area contributed by atoms with Crippen LogP contribution in [0.25, 0.3) is 10.9 Å². The van der Waals surface area contributed by atoms with Gasteiger partial charge in [-0.2, -0.15) is 0 Å². The Morgan fingerprint density at radius 1 is 0.839 bits per heavy atom. The van der Waals surface area contributed by atoms with Crippen LogP contribution in [0.4, 0.5) is 5.69 Å². The Bertz CT molecular complexity index is 1520. The van der Waals surface area contributed by atoms with Crippen LogP contribution in [0.3, 0.4) is 0 Å². The van der Waals surface area contributed by atoms with Crippen molar-refractivity contribution in [3.8, 4) is 0 Å². The predicted octanol–water partition coefficient (Wildman–Crippen LogP) is 3.34. The second-order valence-electron chi connectivity index (χ2n) is 6.80. The summed E-state index contributed by atoms with van der Waals surface area (Å²) in [6.07, 6.45) is 0. The first-order chi connectivity index (χ1) is 14.7. The Morgan fingerprint density at radius 3 is 2.10 bits per heavy atom. The van der Waals surface area contributed by atoms with Gasteiger partial charge in [-0.15, -0.1) is 3.97 Å². The summed E-state index contributed by atoms with van der Waals surface area (Å²) in [5.41, 5.74) is 5.20. The van der Waals surface area contributed by atoms with E-state index < -0.39 is 21.3 Å². The van der Waals surface area contributed by atoms with Gasteiger partial charge in [-0.3, -0.25) is 9.36 Å². The van der Waals surface area contributed by atoms with Gasteiger partial charge in [0.1, 0.15) is 0 Å². The van der Waals surface area contributed by atoms with Crippen LogP contribution in [0.1, 0.15) is 5.56 Å². The molecule has 158 valence electrons. The van der Waals surface area contributed by atoms with E-state index in [1.807, 2.05) is 0 Å². The summed E-state index contributed by atoms with van der Waals surface area (Å²) in [6.45, 7) is 0.00632. The third-order valence-corrected chi connectivity index (χ3v) is 6.90. The van der Waals surface area contributed by atoms with E-state index in [1.54, 1.807) is 24.3 Å². The molecule has 7 nitrogen and oxygen atoms in total. The molecule has 1 heterocycles. The highest BCUT2D eigenvalue weighted by molar-refractivity contribution is 7.90. The molecule has 0 spiro atoms. The summed E-state index contributed by atoms with van der Waals surface area (Å²) in [7, 11) is -4.48. The van der Waals surface area contributed by atoms with Crippen LogP contribution in [-0.4, -0.2) is 17.0 Å². The number of nitrogen functional groups attached to an aromatic ring is 1. The first-order valence-corrected chi connectivity index (χ1v) is 11.2. The maximum Gasteiger partial charge on any atom is 0.346 e. The highest BCUT2D eigenvalue weighted by atomic mass is 35.5. The minimum Gasteiger partial charge on any atom is -0.399 e. The lowest BCUT2D eigenvalue weighted by atomic mass is 10.2. The van der Waals surface area contributed by atoms with Crippen molar-refractivity contribution in [2.24, 2.45) is 0 Å². The van der Waals surface area contributed by atoms with Crippen molar-refractivity contribution in [2.75, 3.05) is 5.73 Å². The van der Waals surface area contributed by atoms with Gasteiger partial charge >= 0.3 is 5.69 Å². The lowest BCUT2D eigenvalue weighted by molar-refractivity contribution is 0.577. The molecule has 0 saturated heterocycles. The van der Waals surface area contributed by atoms with Crippen molar-refractivity contribution in [1.29, 1.82) is 0 Å². The second kappa shape index (κ2) is 7.88. The zero-order valence-corrected chi connectivity index (χ0v) is 18.2. The molecule has 2 N–H and O–H groups in total. The topological polar surface area (TPSA) is 104 Å². The van der Waals surface area contributed by atoms with Gasteiger partial charge in [0.25, 0.3) is 15.6 Å². The van der Waals surface area contributed by atoms with Gasteiger partial charge in [0.2, 0.25) is 0 Å². The molecular weight excluding hydrogens is 461 g/mol. The number of hydrogen-bond donors (Lipinski definition) is 1. The number of benzene rings is 3. The minimum atomic E-state index is -4.48. The summed E-state index contributed by atoms with van der Waals surface area (Å²) < 4.78 is 27.9. The molecule has 31 heavy (non-hydrogen) atoms. The maximum atomic E-state index is 13.3. The smallest absolute Gasteiger partial charge is 0.346 e. The summed E-state index contributed by atoms with van der Waals surface area (Å²) in [5.74, 6) is 0. The summed E-state index contributed by atoms with van der Waals surface area (Å²) in [4.78, 5) is 26.2. The quantitative estimate of drug-likeness (QED) is 0.455. The molecule has 0 radical (unpaired) electrons. The molecule has 0 aliphatic heterocycles. The van der Waals surface area contributed by atoms with Gasteiger partial charge in [-0.05, 0) is 60.2 Å². The van der Waals surface area contributed by atoms with Crippen molar-refractivity contribution in [1.82, 2.24) is 8.54 Å². The lowest BCUT2D eigenvalue weighted by Crippen LogP contribution is -2.44. The molecular formula is C21H15Cl2N3O4S. The fraction of sp³-hybridized carbons (Fsp3) is 0.0476. The molecule has 0 amide bonds. The highest BCUT2D eigenvalue weighted by Crippen LogP contribution is 2.19. The van der Waals surface area contributed by atoms with Gasteiger partial charge in [-0.25, -0.2) is 13.2 Å². The number of halogens is 2. The molecule has 0 aliphatic carbocycles. The van der Waals surface area contributed by atoms with Gasteiger partial charge in [-0.1, -0.05) is 35.3 Å². The van der Waals surface area contributed by atoms with Crippen LogP contribution >= 0.6 is 23.2 Å². The van der Waals surface area contributed by atoms with E-state index in [1.165, 1.54) is 47.0 Å². The molecule has 0 saturated carbocycles. The number of anilines is 1. The zero-order chi connectivity index (χ0) is 22.3. The molecule has 1 aromatic heterocycles. The monoisotopic (exact) mass is 475 g/mol. The fourth-order valence-corrected chi connectivity index (χ4v) is 4.80. The molecule has 0 fully saturated rings. The van der Waals surface area contributed by atoms with Gasteiger partial charge < -0.3 is 5.73 Å². The third kappa shape index (κ3) is 3.85. The number of nitrogens with zero attached hydrogens (tertiary/aromatic N) is 2. The minimum absolute atomic E-state index is 0.00632. The first kappa shape index (κ1) is 21.2. The average molecular weight is 476 g/mol. The maximum absolute atomic E-state index is 13.3. The number of hydrogen-bond acceptors (Lipinski definition) is 5. The molecule has 0 aliphatic rings. The Kier molecular flexibility index (Phi) is 5.38. The Labute approximate surface area is 186 Å². The van der Waals surface area contributed by atoms with Crippen LogP contribution in [0.2, 0.25) is 10.0 Å². The number of fused-ring (bicyclic) bond motifs is 1. The van der Waals surface area contributed by atoms with Crippen molar-refractivity contribution >= 4 is 49.8 Å². The van der Waals surface area contributed by atoms with Crippen LogP contribution in [0.5, 0.6) is 0 Å². The van der Waals surface area contributed by atoms with Crippen molar-refractivity contribution in [3.63, 3.8) is 0 Å². The van der Waals surface area contributed by atoms with Crippen molar-refractivity contribution in [3.05, 3.63) is 103 Å². The molecule has 0 atom stereocenters. The normalized spacial score (nSPS) is 11.7. The Morgan fingerprint density at radius 2 is 1.45 bits per heavy atom. The molecule has 4 aromatic rings. The average Bonchev–Trinajstić information content (AvgIpc) is 2.72. The largest absolute Gasteiger partial charge is 0.399 e. The Balaban J connectivity index is 2.04. The van der Waals surface area contributed by atoms with E-state index in [9.17, 15) is 18.0 Å². The van der Waals surface area contributed by atoms with Crippen LogP contribution in [0, 0.1) is 0 Å². The Hall–Kier alpha value is -3.07. The van der Waals surface area contributed by atoms with Gasteiger partial charge in [0, 0.05) is 15.7 Å². The van der Waals surface area contributed by atoms with Crippen LogP contribution < -0.4 is 17.0 Å². The van der Waals surface area contributed by atoms with E-state index in [4.69, 9.17) is 28.9 Å². The third-order valence-electron chi connectivity index (χ3n) is 4.74. The number of rotatable bonds is 4. The molecule has 3 aromatic carbocycles. The van der Waals surface area contributed by atoms with E-state index in [-0.39, 0.29) is 26.3 Å². The first-order valence-electron chi connectivity index (χ1n) is 8.99. The van der Waals surface area contributed by atoms with Crippen LogP contribution in [0.15, 0.2) is 81.2 Å². The van der Waals surface area contributed by atoms with Crippen LogP contribution in [-0.2, 0) is 16.6 Å². The number of aromatic nitrogens is 2. The fourth-order valence-electron chi connectivity index (χ4n) is 3.20. The van der Waals surface area contributed by atoms with Gasteiger partial charge in [0.15, 0.2) is 0 Å². The van der Waals surface area contributed by atoms with E-state index in [2.05, 4.69) is 0 Å². The summed E-state index contributed by atoms with van der Waals surface area (Å²) in [5, 5.41) is 0.660. The van der Waals surface area contributed by atoms with E-state index >= 15 is 0 Å². The molecule has 0 bridgehead atoms. The zero-order valence-electron chi connectivity index (χ0n) is 15.8. The summed E-state index contributed by atoms with van der Waals surface area (Å²) in [6, 6.07) is 16.3. The summed E-state index contributed by atoms with van der Waals surface area (Å²) >= 11 is 11.9. The van der Waals surface area contributed by atoms with Crippen molar-refractivity contribution < 1.29 is 8.42 Å². The standard InChI is InChI=1S/C21H15Cl2N3O4S/c22-14-3-8-17(9-4-14)31(29,30)26-20(27)18-10-5-15(23)11-19(18)25(21(26)28)12-13-1-6-16(24)7-2-13/h1-11H,12,24H2. The predicted molar refractivity (Wildman–Crippen MR) is 121 cm³/mol. The SMILES string of the molecule is Nc1ccc(Cn2c(=O)n(S(=O)(=O)c3ccc(Cl)cc3)c(=O)c3ccc(Cl)cc32)cc1. The molecule has 10 heteroatoms. The number of nitrogens with two attached hydrogens (primary N) is 1. The highest BCUT2D eigenvalue weighted by Gasteiger charge is 2.25.